The van der Waals surface area contributed by atoms with E-state index in [-0.39, 0.29) is 12.6 Å². The number of aliphatic hydroxyl groups is 1. The number of carbonyl (C=O) groups is 1. The van der Waals surface area contributed by atoms with Gasteiger partial charge in [0.1, 0.15) is 5.60 Å². The topological polar surface area (TPSA) is 55.8 Å². The molecule has 0 radical (unpaired) electrons. The highest BCUT2D eigenvalue weighted by Gasteiger charge is 2.38. The van der Waals surface area contributed by atoms with Crippen molar-refractivity contribution in [1.29, 1.82) is 0 Å². The molecule has 0 bridgehead atoms. The maximum Gasteiger partial charge on any atom is 0.334 e. The van der Waals surface area contributed by atoms with Crippen molar-refractivity contribution in [3.63, 3.8) is 0 Å². The van der Waals surface area contributed by atoms with Crippen molar-refractivity contribution in [3.8, 4) is 0 Å². The van der Waals surface area contributed by atoms with Crippen molar-refractivity contribution < 1.29 is 19.4 Å². The highest BCUT2D eigenvalue weighted by atomic mass is 16.6. The minimum atomic E-state index is -1.13. The summed E-state index contributed by atoms with van der Waals surface area (Å²) in [5.74, 6) is -0.331. The van der Waals surface area contributed by atoms with Crippen LogP contribution in [0.1, 0.15) is 33.1 Å². The first-order valence-electron chi connectivity index (χ1n) is 5.65. The number of unbranched alkanes of at least 4 members (excludes halogenated alkanes) is 1. The van der Waals surface area contributed by atoms with Gasteiger partial charge in [-0.2, -0.15) is 0 Å². The van der Waals surface area contributed by atoms with E-state index in [9.17, 15) is 9.90 Å². The van der Waals surface area contributed by atoms with E-state index in [4.69, 9.17) is 9.47 Å². The number of rotatable bonds is 5. The van der Waals surface area contributed by atoms with Gasteiger partial charge in [0, 0.05) is 12.7 Å². The van der Waals surface area contributed by atoms with Crippen LogP contribution in [0.4, 0.5) is 0 Å². The number of hydrogen-bond acceptors (Lipinski definition) is 4. The second-order valence-corrected chi connectivity index (χ2v) is 4.35. The smallest absolute Gasteiger partial charge is 0.334 e. The van der Waals surface area contributed by atoms with E-state index in [1.54, 1.807) is 13.0 Å². The summed E-state index contributed by atoms with van der Waals surface area (Å²) < 4.78 is 10.1. The van der Waals surface area contributed by atoms with Gasteiger partial charge in [-0.15, -0.1) is 0 Å². The van der Waals surface area contributed by atoms with Crippen molar-refractivity contribution in [1.82, 2.24) is 0 Å². The van der Waals surface area contributed by atoms with Crippen LogP contribution in [0.3, 0.4) is 0 Å². The summed E-state index contributed by atoms with van der Waals surface area (Å²) in [5.41, 5.74) is -0.563. The molecule has 4 heteroatoms. The van der Waals surface area contributed by atoms with Gasteiger partial charge in [-0.05, 0) is 25.8 Å². The largest absolute Gasteiger partial charge is 0.453 e. The summed E-state index contributed by atoms with van der Waals surface area (Å²) in [6, 6.07) is 0. The average molecular weight is 228 g/mol. The Bertz CT molecular complexity index is 281. The van der Waals surface area contributed by atoms with E-state index < -0.39 is 11.7 Å². The Morgan fingerprint density at radius 1 is 1.62 bits per heavy atom. The van der Waals surface area contributed by atoms with Crippen molar-refractivity contribution in [3.05, 3.63) is 11.6 Å². The molecule has 0 spiro atoms. The molecular formula is C12H20O4. The standard InChI is InChI=1S/C12H20O4/c1-4-5-6-9-7-12(2,14)10(8-15-3)16-11(9)13/h7,10,14H,4-6,8H2,1-3H3/t10-,12+/m0/s1. The van der Waals surface area contributed by atoms with Crippen LogP contribution in [-0.4, -0.2) is 36.5 Å². The Labute approximate surface area is 96.2 Å². The van der Waals surface area contributed by atoms with Gasteiger partial charge in [0.05, 0.1) is 6.61 Å². The number of carbonyl (C=O) groups excluding carboxylic acids is 1. The van der Waals surface area contributed by atoms with Gasteiger partial charge in [-0.25, -0.2) is 4.79 Å². The molecule has 0 aromatic heterocycles. The summed E-state index contributed by atoms with van der Waals surface area (Å²) in [5, 5.41) is 10.1. The van der Waals surface area contributed by atoms with Gasteiger partial charge in [-0.3, -0.25) is 0 Å². The second-order valence-electron chi connectivity index (χ2n) is 4.35. The molecule has 0 aromatic rings. The Morgan fingerprint density at radius 3 is 2.88 bits per heavy atom. The van der Waals surface area contributed by atoms with Gasteiger partial charge in [-0.1, -0.05) is 13.3 Å². The molecule has 92 valence electrons. The fourth-order valence-corrected chi connectivity index (χ4v) is 1.72. The lowest BCUT2D eigenvalue weighted by Crippen LogP contribution is -2.47. The molecule has 16 heavy (non-hydrogen) atoms. The van der Waals surface area contributed by atoms with E-state index in [1.807, 2.05) is 0 Å². The molecule has 1 aliphatic rings. The lowest BCUT2D eigenvalue weighted by Gasteiger charge is -2.34. The maximum atomic E-state index is 11.6. The van der Waals surface area contributed by atoms with E-state index in [1.165, 1.54) is 7.11 Å². The minimum absolute atomic E-state index is 0.205. The molecule has 0 unspecified atom stereocenters. The third kappa shape index (κ3) is 3.06. The Kier molecular flexibility index (Phi) is 4.50. The molecule has 0 amide bonds. The predicted octanol–water partition coefficient (Wildman–Crippen LogP) is 1.43. The maximum absolute atomic E-state index is 11.6. The highest BCUT2D eigenvalue weighted by Crippen LogP contribution is 2.26. The van der Waals surface area contributed by atoms with E-state index >= 15 is 0 Å². The van der Waals surface area contributed by atoms with Crippen LogP contribution >= 0.6 is 0 Å². The van der Waals surface area contributed by atoms with Gasteiger partial charge >= 0.3 is 5.97 Å². The van der Waals surface area contributed by atoms with Gasteiger partial charge in [0.2, 0.25) is 0 Å². The van der Waals surface area contributed by atoms with E-state index in [0.29, 0.717) is 12.0 Å². The molecule has 0 aliphatic carbocycles. The van der Waals surface area contributed by atoms with Crippen LogP contribution in [0.2, 0.25) is 0 Å². The van der Waals surface area contributed by atoms with Crippen LogP contribution in [0.15, 0.2) is 11.6 Å². The van der Waals surface area contributed by atoms with E-state index in [2.05, 4.69) is 6.92 Å². The third-order valence-corrected chi connectivity index (χ3v) is 2.75. The quantitative estimate of drug-likeness (QED) is 0.723. The summed E-state index contributed by atoms with van der Waals surface area (Å²) in [6.45, 7) is 3.89. The first-order chi connectivity index (χ1) is 7.51. The monoisotopic (exact) mass is 228 g/mol. The molecule has 1 rings (SSSR count). The summed E-state index contributed by atoms with van der Waals surface area (Å²) in [7, 11) is 1.51. The third-order valence-electron chi connectivity index (χ3n) is 2.75. The molecule has 1 aliphatic heterocycles. The van der Waals surface area contributed by atoms with Crippen molar-refractivity contribution in [2.75, 3.05) is 13.7 Å². The Hall–Kier alpha value is -0.870. The molecule has 4 nitrogen and oxygen atoms in total. The molecular weight excluding hydrogens is 208 g/mol. The summed E-state index contributed by atoms with van der Waals surface area (Å²) >= 11 is 0. The molecule has 2 atom stereocenters. The number of hydrogen-bond donors (Lipinski definition) is 1. The number of methoxy groups -OCH3 is 1. The first kappa shape index (κ1) is 13.2. The zero-order valence-corrected chi connectivity index (χ0v) is 10.2. The zero-order valence-electron chi connectivity index (χ0n) is 10.2. The second kappa shape index (κ2) is 5.46. The summed E-state index contributed by atoms with van der Waals surface area (Å²) in [4.78, 5) is 11.6. The lowest BCUT2D eigenvalue weighted by atomic mass is 9.92. The molecule has 0 saturated heterocycles. The fourth-order valence-electron chi connectivity index (χ4n) is 1.72. The first-order valence-corrected chi connectivity index (χ1v) is 5.65. The van der Waals surface area contributed by atoms with Gasteiger partial charge in [0.15, 0.2) is 6.10 Å². The van der Waals surface area contributed by atoms with Crippen LogP contribution in [0.5, 0.6) is 0 Å². The molecule has 0 saturated carbocycles. The number of esters is 1. The molecule has 0 fully saturated rings. The van der Waals surface area contributed by atoms with E-state index in [0.717, 1.165) is 12.8 Å². The Balaban J connectivity index is 2.77. The van der Waals surface area contributed by atoms with Crippen molar-refractivity contribution in [2.24, 2.45) is 0 Å². The highest BCUT2D eigenvalue weighted by molar-refractivity contribution is 5.89. The molecule has 1 heterocycles. The lowest BCUT2D eigenvalue weighted by molar-refractivity contribution is -0.164. The predicted molar refractivity (Wildman–Crippen MR) is 60.0 cm³/mol. The van der Waals surface area contributed by atoms with Crippen LogP contribution < -0.4 is 0 Å². The average Bonchev–Trinajstić information content (AvgIpc) is 2.21. The number of cyclic esters (lactones) is 1. The summed E-state index contributed by atoms with van der Waals surface area (Å²) in [6.07, 6.45) is 3.58. The van der Waals surface area contributed by atoms with Crippen LogP contribution in [0.25, 0.3) is 0 Å². The molecule has 1 N–H and O–H groups in total. The van der Waals surface area contributed by atoms with Crippen LogP contribution in [-0.2, 0) is 14.3 Å². The molecule has 0 aromatic carbocycles. The number of ether oxygens (including phenoxy) is 2. The van der Waals surface area contributed by atoms with Gasteiger partial charge < -0.3 is 14.6 Å². The zero-order chi connectivity index (χ0) is 12.2. The minimum Gasteiger partial charge on any atom is -0.453 e. The van der Waals surface area contributed by atoms with Crippen molar-refractivity contribution >= 4 is 5.97 Å². The Morgan fingerprint density at radius 2 is 2.31 bits per heavy atom. The van der Waals surface area contributed by atoms with Crippen LogP contribution in [0, 0.1) is 0 Å². The van der Waals surface area contributed by atoms with Gasteiger partial charge in [0.25, 0.3) is 0 Å². The SMILES string of the molecule is CCCCC1=C[C@@](C)(O)[C@H](COC)OC1=O. The fraction of sp³-hybridized carbons (Fsp3) is 0.750. The normalized spacial score (nSPS) is 29.9. The van der Waals surface area contributed by atoms with Crippen molar-refractivity contribution in [2.45, 2.75) is 44.8 Å².